The van der Waals surface area contributed by atoms with Gasteiger partial charge in [0.15, 0.2) is 0 Å². The van der Waals surface area contributed by atoms with Gasteiger partial charge in [0.25, 0.3) is 0 Å². The van der Waals surface area contributed by atoms with Gasteiger partial charge in [0.1, 0.15) is 0 Å². The first-order valence-corrected chi connectivity index (χ1v) is 9.08. The predicted octanol–water partition coefficient (Wildman–Crippen LogP) is 1.49. The molecule has 2 saturated heterocycles. The van der Waals surface area contributed by atoms with Gasteiger partial charge in [0.2, 0.25) is 5.91 Å². The van der Waals surface area contributed by atoms with Gasteiger partial charge in [-0.1, -0.05) is 0 Å². The van der Waals surface area contributed by atoms with E-state index >= 15 is 0 Å². The Morgan fingerprint density at radius 2 is 2.18 bits per heavy atom. The Hall–Kier alpha value is -0.980. The van der Waals surface area contributed by atoms with Crippen LogP contribution in [0.25, 0.3) is 0 Å². The lowest BCUT2D eigenvalue weighted by Crippen LogP contribution is -2.55. The van der Waals surface area contributed by atoms with Crippen LogP contribution in [0.1, 0.15) is 30.5 Å². The van der Waals surface area contributed by atoms with Crippen molar-refractivity contribution in [1.82, 2.24) is 20.1 Å². The van der Waals surface area contributed by atoms with E-state index in [0.29, 0.717) is 5.91 Å². The molecule has 3 rings (SSSR count). The number of aromatic nitrogens is 1. The summed E-state index contributed by atoms with van der Waals surface area (Å²) < 4.78 is 0. The van der Waals surface area contributed by atoms with Crippen LogP contribution < -0.4 is 5.32 Å². The molecule has 1 aromatic rings. The molecule has 2 aliphatic rings. The van der Waals surface area contributed by atoms with E-state index in [1.807, 2.05) is 6.92 Å². The molecule has 0 bridgehead atoms. The van der Waals surface area contributed by atoms with E-state index in [1.165, 1.54) is 0 Å². The summed E-state index contributed by atoms with van der Waals surface area (Å²) in [4.78, 5) is 21.8. The van der Waals surface area contributed by atoms with Gasteiger partial charge in [-0.3, -0.25) is 9.69 Å². The number of carbonyl (C=O) groups excluding carboxylic acids is 1. The van der Waals surface area contributed by atoms with Crippen molar-refractivity contribution in [2.45, 2.75) is 33.2 Å². The molecule has 0 aliphatic carbocycles. The minimum absolute atomic E-state index is 0.202. The largest absolute Gasteiger partial charge is 0.340 e. The van der Waals surface area contributed by atoms with Crippen LogP contribution in [-0.4, -0.2) is 60.0 Å². The quantitative estimate of drug-likeness (QED) is 0.916. The lowest BCUT2D eigenvalue weighted by Gasteiger charge is -2.41. The third-order valence-electron chi connectivity index (χ3n) is 4.83. The molecule has 1 atom stereocenters. The second-order valence-electron chi connectivity index (χ2n) is 6.77. The van der Waals surface area contributed by atoms with Crippen molar-refractivity contribution in [3.63, 3.8) is 0 Å². The summed E-state index contributed by atoms with van der Waals surface area (Å²) in [6.45, 7) is 10.5. The average molecular weight is 322 g/mol. The molecule has 1 aromatic heterocycles. The molecule has 0 saturated carbocycles. The highest BCUT2D eigenvalue weighted by Crippen LogP contribution is 2.28. The van der Waals surface area contributed by atoms with E-state index in [1.54, 1.807) is 11.3 Å². The molecule has 2 aliphatic heterocycles. The number of amides is 1. The number of carbonyl (C=O) groups is 1. The second-order valence-corrected chi connectivity index (χ2v) is 7.83. The summed E-state index contributed by atoms with van der Waals surface area (Å²) in [6.07, 6.45) is 2.11. The Balaban J connectivity index is 1.51. The predicted molar refractivity (Wildman–Crippen MR) is 88.9 cm³/mol. The Morgan fingerprint density at radius 1 is 1.41 bits per heavy atom. The maximum atomic E-state index is 12.8. The fourth-order valence-electron chi connectivity index (χ4n) is 3.44. The standard InChI is InChI=1S/C16H26N4OS/c1-13-18-14(11-22-13)10-19-6-8-20(9-7-19)15(21)16(2)4-3-5-17-12-16/h11,17H,3-10,12H2,1-2H3/t16-/m1/s1. The van der Waals surface area contributed by atoms with E-state index < -0.39 is 0 Å². The summed E-state index contributed by atoms with van der Waals surface area (Å²) >= 11 is 1.71. The van der Waals surface area contributed by atoms with Crippen molar-refractivity contribution in [2.75, 3.05) is 39.3 Å². The molecule has 1 amide bonds. The van der Waals surface area contributed by atoms with Crippen LogP contribution in [0.5, 0.6) is 0 Å². The molecule has 1 N–H and O–H groups in total. The molecular weight excluding hydrogens is 296 g/mol. The number of hydrogen-bond donors (Lipinski definition) is 1. The number of thiazole rings is 1. The summed E-state index contributed by atoms with van der Waals surface area (Å²) in [5.41, 5.74) is 0.956. The number of piperidine rings is 1. The van der Waals surface area contributed by atoms with Crippen LogP contribution in [0, 0.1) is 12.3 Å². The Bertz CT molecular complexity index is 516. The van der Waals surface area contributed by atoms with E-state index in [-0.39, 0.29) is 5.41 Å². The summed E-state index contributed by atoms with van der Waals surface area (Å²) in [5, 5.41) is 6.64. The fraction of sp³-hybridized carbons (Fsp3) is 0.750. The van der Waals surface area contributed by atoms with Crippen LogP contribution in [0.4, 0.5) is 0 Å². The molecule has 122 valence electrons. The number of hydrogen-bond acceptors (Lipinski definition) is 5. The van der Waals surface area contributed by atoms with Crippen LogP contribution in [0.3, 0.4) is 0 Å². The third-order valence-corrected chi connectivity index (χ3v) is 5.65. The van der Waals surface area contributed by atoms with Crippen LogP contribution in [-0.2, 0) is 11.3 Å². The van der Waals surface area contributed by atoms with Crippen molar-refractivity contribution < 1.29 is 4.79 Å². The van der Waals surface area contributed by atoms with Gasteiger partial charge in [-0.05, 0) is 33.2 Å². The first kappa shape index (κ1) is 15.9. The topological polar surface area (TPSA) is 48.5 Å². The van der Waals surface area contributed by atoms with Crippen molar-refractivity contribution >= 4 is 17.2 Å². The number of aryl methyl sites for hydroxylation is 1. The van der Waals surface area contributed by atoms with Gasteiger partial charge in [-0.25, -0.2) is 4.98 Å². The highest BCUT2D eigenvalue weighted by molar-refractivity contribution is 7.09. The number of nitrogens with one attached hydrogen (secondary N) is 1. The lowest BCUT2D eigenvalue weighted by atomic mass is 9.81. The van der Waals surface area contributed by atoms with E-state index in [0.717, 1.165) is 69.4 Å². The Morgan fingerprint density at radius 3 is 2.77 bits per heavy atom. The molecule has 3 heterocycles. The Kier molecular flexibility index (Phi) is 4.80. The second kappa shape index (κ2) is 6.64. The normalized spacial score (nSPS) is 27.1. The first-order chi connectivity index (χ1) is 10.6. The maximum absolute atomic E-state index is 12.8. The first-order valence-electron chi connectivity index (χ1n) is 8.20. The van der Waals surface area contributed by atoms with Gasteiger partial charge < -0.3 is 10.2 Å². The SMILES string of the molecule is Cc1nc(CN2CCN(C(=O)[C@]3(C)CCCNC3)CC2)cs1. The highest BCUT2D eigenvalue weighted by Gasteiger charge is 2.38. The van der Waals surface area contributed by atoms with E-state index in [4.69, 9.17) is 0 Å². The van der Waals surface area contributed by atoms with Crippen LogP contribution in [0.15, 0.2) is 5.38 Å². The van der Waals surface area contributed by atoms with Crippen molar-refractivity contribution in [3.05, 3.63) is 16.1 Å². The molecule has 5 nitrogen and oxygen atoms in total. The highest BCUT2D eigenvalue weighted by atomic mass is 32.1. The van der Waals surface area contributed by atoms with Crippen molar-refractivity contribution in [2.24, 2.45) is 5.41 Å². The molecule has 0 radical (unpaired) electrons. The van der Waals surface area contributed by atoms with Crippen LogP contribution in [0.2, 0.25) is 0 Å². The van der Waals surface area contributed by atoms with Crippen molar-refractivity contribution in [3.8, 4) is 0 Å². The molecular formula is C16H26N4OS. The summed E-state index contributed by atoms with van der Waals surface area (Å²) in [5.74, 6) is 0.337. The molecule has 0 spiro atoms. The minimum Gasteiger partial charge on any atom is -0.340 e. The van der Waals surface area contributed by atoms with E-state index in [2.05, 4.69) is 32.4 Å². The zero-order valence-electron chi connectivity index (χ0n) is 13.6. The van der Waals surface area contributed by atoms with E-state index in [9.17, 15) is 4.79 Å². The fourth-order valence-corrected chi connectivity index (χ4v) is 4.04. The van der Waals surface area contributed by atoms with Gasteiger partial charge >= 0.3 is 0 Å². The summed E-state index contributed by atoms with van der Waals surface area (Å²) in [6, 6.07) is 0. The molecule has 22 heavy (non-hydrogen) atoms. The zero-order chi connectivity index (χ0) is 15.6. The molecule has 6 heteroatoms. The smallest absolute Gasteiger partial charge is 0.229 e. The summed E-state index contributed by atoms with van der Waals surface area (Å²) in [7, 11) is 0. The van der Waals surface area contributed by atoms with Crippen molar-refractivity contribution in [1.29, 1.82) is 0 Å². The van der Waals surface area contributed by atoms with Gasteiger partial charge in [-0.2, -0.15) is 0 Å². The molecule has 2 fully saturated rings. The van der Waals surface area contributed by atoms with Gasteiger partial charge in [0.05, 0.1) is 16.1 Å². The monoisotopic (exact) mass is 322 g/mol. The van der Waals surface area contributed by atoms with Gasteiger partial charge in [-0.15, -0.1) is 11.3 Å². The number of rotatable bonds is 3. The number of piperazine rings is 1. The minimum atomic E-state index is -0.202. The van der Waals surface area contributed by atoms with Crippen LogP contribution >= 0.6 is 11.3 Å². The third kappa shape index (κ3) is 3.50. The number of nitrogens with zero attached hydrogens (tertiary/aromatic N) is 3. The zero-order valence-corrected chi connectivity index (χ0v) is 14.4. The maximum Gasteiger partial charge on any atom is 0.229 e. The van der Waals surface area contributed by atoms with Gasteiger partial charge in [0, 0.05) is 44.6 Å². The Labute approximate surface area is 136 Å². The lowest BCUT2D eigenvalue weighted by molar-refractivity contribution is -0.144. The molecule has 0 aromatic carbocycles. The average Bonchev–Trinajstić information content (AvgIpc) is 2.93. The molecule has 0 unspecified atom stereocenters.